The fourth-order valence-corrected chi connectivity index (χ4v) is 3.29. The Balaban J connectivity index is 1.63. The second-order valence-electron chi connectivity index (χ2n) is 4.81. The van der Waals surface area contributed by atoms with E-state index >= 15 is 0 Å². The third-order valence-electron chi connectivity index (χ3n) is 2.95. The van der Waals surface area contributed by atoms with Gasteiger partial charge in [-0.2, -0.15) is 0 Å². The Morgan fingerprint density at radius 3 is 2.96 bits per heavy atom. The molecule has 0 radical (unpaired) electrons. The molecule has 2 aromatic rings. The average molecular weight is 400 g/mol. The first kappa shape index (κ1) is 18.0. The zero-order chi connectivity index (χ0) is 16.3. The van der Waals surface area contributed by atoms with Gasteiger partial charge in [-0.15, -0.1) is 11.3 Å². The molecule has 5 nitrogen and oxygen atoms in total. The second-order valence-corrected chi connectivity index (χ2v) is 7.36. The molecule has 126 valence electrons. The van der Waals surface area contributed by atoms with Gasteiger partial charge in [0.2, 0.25) is 0 Å². The lowest BCUT2D eigenvalue weighted by Crippen LogP contribution is -2.38. The topological polar surface area (TPSA) is 58.8 Å². The van der Waals surface area contributed by atoms with Crippen molar-refractivity contribution in [2.75, 3.05) is 19.7 Å². The number of nitrogens with zero attached hydrogens (tertiary/aromatic N) is 1. The third-order valence-corrected chi connectivity index (χ3v) is 4.56. The van der Waals surface area contributed by atoms with E-state index in [1.54, 1.807) is 17.6 Å². The van der Waals surface area contributed by atoms with Crippen LogP contribution in [0.1, 0.15) is 24.0 Å². The van der Waals surface area contributed by atoms with Gasteiger partial charge in [0, 0.05) is 24.6 Å². The molecule has 0 aromatic carbocycles. The molecule has 0 unspecified atom stereocenters. The van der Waals surface area contributed by atoms with Gasteiger partial charge in [-0.3, -0.25) is 0 Å². The highest BCUT2D eigenvalue weighted by Gasteiger charge is 2.00. The van der Waals surface area contributed by atoms with Crippen LogP contribution in [0.25, 0.3) is 0 Å². The largest absolute Gasteiger partial charge is 0.467 e. The maximum Gasteiger partial charge on any atom is 0.191 e. The summed E-state index contributed by atoms with van der Waals surface area (Å²) in [5.74, 6) is 1.69. The van der Waals surface area contributed by atoms with Crippen LogP contribution in [0.2, 0.25) is 0 Å². The van der Waals surface area contributed by atoms with Crippen LogP contribution in [0.4, 0.5) is 0 Å². The quantitative estimate of drug-likeness (QED) is 0.382. The maximum atomic E-state index is 5.55. The van der Waals surface area contributed by atoms with Gasteiger partial charge in [-0.25, -0.2) is 4.99 Å². The minimum absolute atomic E-state index is 0.522. The summed E-state index contributed by atoms with van der Waals surface area (Å²) < 4.78 is 11.9. The fraction of sp³-hybridized carbons (Fsp3) is 0.438. The van der Waals surface area contributed by atoms with E-state index in [1.807, 2.05) is 18.2 Å². The molecule has 0 spiro atoms. The molecular formula is C16H22BrN3O2S. The van der Waals surface area contributed by atoms with Crippen molar-refractivity contribution in [2.45, 2.75) is 26.5 Å². The lowest BCUT2D eigenvalue weighted by atomic mass is 10.4. The molecule has 23 heavy (non-hydrogen) atoms. The van der Waals surface area contributed by atoms with Gasteiger partial charge in [-0.1, -0.05) is 0 Å². The van der Waals surface area contributed by atoms with Gasteiger partial charge in [-0.05, 0) is 53.5 Å². The number of furan rings is 1. The zero-order valence-electron chi connectivity index (χ0n) is 13.2. The van der Waals surface area contributed by atoms with Crippen molar-refractivity contribution in [1.29, 1.82) is 0 Å². The van der Waals surface area contributed by atoms with Crippen LogP contribution in [0.5, 0.6) is 0 Å². The number of hydrogen-bond acceptors (Lipinski definition) is 4. The molecule has 2 heterocycles. The number of rotatable bonds is 9. The number of aliphatic imine (C=N–C) groups is 1. The lowest BCUT2D eigenvalue weighted by Gasteiger charge is -2.11. The molecule has 0 fully saturated rings. The van der Waals surface area contributed by atoms with Gasteiger partial charge >= 0.3 is 0 Å². The molecule has 7 heteroatoms. The summed E-state index contributed by atoms with van der Waals surface area (Å²) in [6, 6.07) is 7.92. The van der Waals surface area contributed by atoms with E-state index in [2.05, 4.69) is 44.5 Å². The number of guanidine groups is 1. The normalized spacial score (nSPS) is 11.7. The first-order chi connectivity index (χ1) is 11.3. The summed E-state index contributed by atoms with van der Waals surface area (Å²) in [4.78, 5) is 5.82. The standard InChI is InChI=1S/C16H22BrN3O2S/c1-2-18-16(20-11-14-6-7-15(17)23-14)19-8-4-9-21-12-13-5-3-10-22-13/h3,5-7,10H,2,4,8-9,11-12H2,1H3,(H2,18,19,20). The van der Waals surface area contributed by atoms with E-state index in [9.17, 15) is 0 Å². The van der Waals surface area contributed by atoms with Crippen LogP contribution in [0.15, 0.2) is 43.7 Å². The van der Waals surface area contributed by atoms with Crippen LogP contribution < -0.4 is 10.6 Å². The molecular weight excluding hydrogens is 378 g/mol. The van der Waals surface area contributed by atoms with Gasteiger partial charge in [0.1, 0.15) is 12.4 Å². The van der Waals surface area contributed by atoms with Crippen molar-refractivity contribution in [3.8, 4) is 0 Å². The SMILES string of the molecule is CCNC(=NCc1ccc(Br)s1)NCCCOCc1ccco1. The molecule has 0 aliphatic carbocycles. The molecule has 2 N–H and O–H groups in total. The van der Waals surface area contributed by atoms with Gasteiger partial charge in [0.15, 0.2) is 5.96 Å². The minimum Gasteiger partial charge on any atom is -0.467 e. The Hall–Kier alpha value is -1.31. The predicted molar refractivity (Wildman–Crippen MR) is 97.8 cm³/mol. The molecule has 0 aliphatic heterocycles. The lowest BCUT2D eigenvalue weighted by molar-refractivity contribution is 0.105. The smallest absolute Gasteiger partial charge is 0.191 e. The highest BCUT2D eigenvalue weighted by Crippen LogP contribution is 2.22. The molecule has 0 atom stereocenters. The van der Waals surface area contributed by atoms with E-state index in [0.717, 1.165) is 35.0 Å². The summed E-state index contributed by atoms with van der Waals surface area (Å²) in [5.41, 5.74) is 0. The number of nitrogens with one attached hydrogen (secondary N) is 2. The molecule has 2 rings (SSSR count). The summed E-state index contributed by atoms with van der Waals surface area (Å²) in [5, 5.41) is 6.57. The van der Waals surface area contributed by atoms with E-state index < -0.39 is 0 Å². The summed E-state index contributed by atoms with van der Waals surface area (Å²) in [7, 11) is 0. The predicted octanol–water partition coefficient (Wildman–Crippen LogP) is 3.77. The van der Waals surface area contributed by atoms with Crippen molar-refractivity contribution >= 4 is 33.2 Å². The van der Waals surface area contributed by atoms with Crippen LogP contribution in [0, 0.1) is 0 Å². The van der Waals surface area contributed by atoms with E-state index in [0.29, 0.717) is 19.8 Å². The fourth-order valence-electron chi connectivity index (χ4n) is 1.88. The maximum absolute atomic E-state index is 5.55. The molecule has 0 aliphatic rings. The van der Waals surface area contributed by atoms with Crippen molar-refractivity contribution in [3.63, 3.8) is 0 Å². The summed E-state index contributed by atoms with van der Waals surface area (Å²) in [6.45, 7) is 5.61. The molecule has 2 aromatic heterocycles. The van der Waals surface area contributed by atoms with Gasteiger partial charge in [0.25, 0.3) is 0 Å². The first-order valence-electron chi connectivity index (χ1n) is 7.64. The molecule has 0 saturated carbocycles. The second kappa shape index (κ2) is 10.5. The Morgan fingerprint density at radius 1 is 1.35 bits per heavy atom. The van der Waals surface area contributed by atoms with Crippen molar-refractivity contribution in [2.24, 2.45) is 4.99 Å². The average Bonchev–Trinajstić information content (AvgIpc) is 3.19. The van der Waals surface area contributed by atoms with Crippen LogP contribution >= 0.6 is 27.3 Å². The number of thiophene rings is 1. The highest BCUT2D eigenvalue weighted by atomic mass is 79.9. The first-order valence-corrected chi connectivity index (χ1v) is 9.25. The Morgan fingerprint density at radius 2 is 2.26 bits per heavy atom. The van der Waals surface area contributed by atoms with Gasteiger partial charge in [0.05, 0.1) is 16.6 Å². The third kappa shape index (κ3) is 7.20. The molecule has 0 bridgehead atoms. The Bertz CT molecular complexity index is 584. The van der Waals surface area contributed by atoms with Crippen molar-refractivity contribution < 1.29 is 9.15 Å². The monoisotopic (exact) mass is 399 g/mol. The molecule has 0 saturated heterocycles. The number of halogens is 1. The van der Waals surface area contributed by atoms with Crippen LogP contribution in [0.3, 0.4) is 0 Å². The number of ether oxygens (including phenoxy) is 1. The van der Waals surface area contributed by atoms with E-state index in [1.165, 1.54) is 4.88 Å². The van der Waals surface area contributed by atoms with Crippen molar-refractivity contribution in [1.82, 2.24) is 10.6 Å². The van der Waals surface area contributed by atoms with Crippen LogP contribution in [-0.4, -0.2) is 25.7 Å². The highest BCUT2D eigenvalue weighted by molar-refractivity contribution is 9.11. The number of hydrogen-bond donors (Lipinski definition) is 2. The van der Waals surface area contributed by atoms with Crippen molar-refractivity contribution in [3.05, 3.63) is 45.0 Å². The summed E-state index contributed by atoms with van der Waals surface area (Å²) in [6.07, 6.45) is 2.57. The Labute approximate surface area is 149 Å². The molecule has 0 amide bonds. The minimum atomic E-state index is 0.522. The van der Waals surface area contributed by atoms with Crippen LogP contribution in [-0.2, 0) is 17.9 Å². The van der Waals surface area contributed by atoms with E-state index in [4.69, 9.17) is 9.15 Å². The van der Waals surface area contributed by atoms with E-state index in [-0.39, 0.29) is 0 Å². The van der Waals surface area contributed by atoms with Gasteiger partial charge < -0.3 is 19.8 Å². The zero-order valence-corrected chi connectivity index (χ0v) is 15.6. The Kier molecular flexibility index (Phi) is 8.20. The summed E-state index contributed by atoms with van der Waals surface area (Å²) >= 11 is 5.17.